The van der Waals surface area contributed by atoms with E-state index in [4.69, 9.17) is 9.26 Å². The molecule has 8 heteroatoms. The van der Waals surface area contributed by atoms with Crippen molar-refractivity contribution in [1.29, 1.82) is 0 Å². The van der Waals surface area contributed by atoms with Gasteiger partial charge in [0.25, 0.3) is 5.91 Å². The van der Waals surface area contributed by atoms with Crippen LogP contribution in [0.4, 0.5) is 0 Å². The summed E-state index contributed by atoms with van der Waals surface area (Å²) in [5.74, 6) is 0.0651. The first-order valence-corrected chi connectivity index (χ1v) is 8.73. The zero-order chi connectivity index (χ0) is 17.9. The molecule has 2 fully saturated rings. The van der Waals surface area contributed by atoms with E-state index in [9.17, 15) is 9.59 Å². The van der Waals surface area contributed by atoms with Crippen LogP contribution in [-0.2, 0) is 9.53 Å². The summed E-state index contributed by atoms with van der Waals surface area (Å²) in [5, 5.41) is 3.76. The predicted octanol–water partition coefficient (Wildman–Crippen LogP) is 0.460. The molecule has 0 saturated carbocycles. The number of hydrogen-bond donors (Lipinski definition) is 0. The van der Waals surface area contributed by atoms with Crippen molar-refractivity contribution in [3.8, 4) is 0 Å². The second-order valence-electron chi connectivity index (χ2n) is 6.88. The quantitative estimate of drug-likeness (QED) is 0.785. The highest BCUT2D eigenvalue weighted by Crippen LogP contribution is 2.32. The molecule has 0 bridgehead atoms. The normalized spacial score (nSPS) is 25.4. The van der Waals surface area contributed by atoms with E-state index < -0.39 is 0 Å². The fourth-order valence-corrected chi connectivity index (χ4v) is 3.79. The number of ether oxygens (including phenoxy) is 1. The van der Waals surface area contributed by atoms with Crippen molar-refractivity contribution in [2.24, 2.45) is 0 Å². The maximum Gasteiger partial charge on any atom is 0.276 e. The molecule has 2 saturated heterocycles. The minimum absolute atomic E-state index is 0.104. The molecule has 2 amide bonds. The van der Waals surface area contributed by atoms with Crippen LogP contribution in [0.2, 0.25) is 0 Å². The van der Waals surface area contributed by atoms with Gasteiger partial charge in [-0.1, -0.05) is 5.16 Å². The monoisotopic (exact) mass is 350 g/mol. The van der Waals surface area contributed by atoms with Crippen LogP contribution in [0, 0.1) is 0 Å². The molecule has 2 aliphatic rings. The van der Waals surface area contributed by atoms with Gasteiger partial charge in [0.05, 0.1) is 6.61 Å². The average molecular weight is 350 g/mol. The van der Waals surface area contributed by atoms with Crippen molar-refractivity contribution in [2.45, 2.75) is 24.8 Å². The largest absolute Gasteiger partial charge is 0.383 e. The highest BCUT2D eigenvalue weighted by molar-refractivity contribution is 5.92. The van der Waals surface area contributed by atoms with Gasteiger partial charge in [0.15, 0.2) is 5.69 Å². The van der Waals surface area contributed by atoms with Gasteiger partial charge in [-0.15, -0.1) is 0 Å². The molecule has 0 aromatic carbocycles. The highest BCUT2D eigenvalue weighted by Gasteiger charge is 2.43. The standard InChI is InChI=1S/C17H26N4O4/c1-19-8-9-21(16(23)14-4-11-25-18-14)13-17(19)5-3-15(22)20(7-6-17)10-12-24-2/h4,11H,3,5-10,12-13H2,1-2H3. The van der Waals surface area contributed by atoms with E-state index in [0.717, 1.165) is 19.4 Å². The number of hydrogen-bond acceptors (Lipinski definition) is 6. The van der Waals surface area contributed by atoms with E-state index in [-0.39, 0.29) is 17.4 Å². The molecule has 1 aromatic heterocycles. The zero-order valence-electron chi connectivity index (χ0n) is 14.9. The number of methoxy groups -OCH3 is 1. The maximum absolute atomic E-state index is 12.6. The van der Waals surface area contributed by atoms with Crippen LogP contribution in [-0.4, -0.2) is 90.7 Å². The van der Waals surface area contributed by atoms with Gasteiger partial charge in [-0.3, -0.25) is 14.5 Å². The minimum atomic E-state index is -0.172. The Kier molecular flexibility index (Phi) is 5.39. The molecule has 1 aromatic rings. The molecule has 0 radical (unpaired) electrons. The van der Waals surface area contributed by atoms with E-state index in [0.29, 0.717) is 44.9 Å². The molecule has 138 valence electrons. The van der Waals surface area contributed by atoms with Crippen LogP contribution in [0.3, 0.4) is 0 Å². The van der Waals surface area contributed by atoms with Gasteiger partial charge < -0.3 is 19.1 Å². The number of amides is 2. The van der Waals surface area contributed by atoms with E-state index in [1.165, 1.54) is 6.26 Å². The van der Waals surface area contributed by atoms with Gasteiger partial charge in [-0.25, -0.2) is 0 Å². The fourth-order valence-electron chi connectivity index (χ4n) is 3.79. The van der Waals surface area contributed by atoms with Gasteiger partial charge in [-0.05, 0) is 19.9 Å². The van der Waals surface area contributed by atoms with Gasteiger partial charge in [-0.2, -0.15) is 0 Å². The lowest BCUT2D eigenvalue weighted by Crippen LogP contribution is -2.62. The number of aromatic nitrogens is 1. The lowest BCUT2D eigenvalue weighted by molar-refractivity contribution is -0.131. The Morgan fingerprint density at radius 2 is 2.20 bits per heavy atom. The molecule has 0 aliphatic carbocycles. The topological polar surface area (TPSA) is 79.1 Å². The molecule has 2 aliphatic heterocycles. The SMILES string of the molecule is COCCN1CCC2(CCC1=O)CN(C(=O)c1ccon1)CCN2C. The number of rotatable bonds is 4. The van der Waals surface area contributed by atoms with E-state index in [1.807, 2.05) is 9.80 Å². The van der Waals surface area contributed by atoms with Gasteiger partial charge >= 0.3 is 0 Å². The van der Waals surface area contributed by atoms with Crippen LogP contribution in [0.1, 0.15) is 29.8 Å². The summed E-state index contributed by atoms with van der Waals surface area (Å²) in [6.07, 6.45) is 3.52. The lowest BCUT2D eigenvalue weighted by Gasteiger charge is -2.49. The predicted molar refractivity (Wildman–Crippen MR) is 90.1 cm³/mol. The van der Waals surface area contributed by atoms with Crippen LogP contribution in [0.15, 0.2) is 16.9 Å². The van der Waals surface area contributed by atoms with Crippen molar-refractivity contribution in [3.05, 3.63) is 18.0 Å². The summed E-state index contributed by atoms with van der Waals surface area (Å²) in [6, 6.07) is 1.59. The molecule has 0 N–H and O–H groups in total. The molecule has 1 atom stereocenters. The third kappa shape index (κ3) is 3.69. The average Bonchev–Trinajstić information content (AvgIpc) is 3.10. The third-order valence-corrected chi connectivity index (χ3v) is 5.51. The summed E-state index contributed by atoms with van der Waals surface area (Å²) in [7, 11) is 3.74. The van der Waals surface area contributed by atoms with Crippen LogP contribution in [0.5, 0.6) is 0 Å². The molecule has 8 nitrogen and oxygen atoms in total. The Morgan fingerprint density at radius 3 is 2.92 bits per heavy atom. The Balaban J connectivity index is 1.72. The summed E-state index contributed by atoms with van der Waals surface area (Å²) in [6.45, 7) is 3.92. The molecule has 3 rings (SSSR count). The van der Waals surface area contributed by atoms with Crippen LogP contribution >= 0.6 is 0 Å². The van der Waals surface area contributed by atoms with Gasteiger partial charge in [0, 0.05) is 57.9 Å². The number of carbonyl (C=O) groups is 2. The second-order valence-corrected chi connectivity index (χ2v) is 6.88. The number of carbonyl (C=O) groups excluding carboxylic acids is 2. The Labute approximate surface area is 147 Å². The lowest BCUT2D eigenvalue weighted by atomic mass is 9.86. The number of likely N-dealkylation sites (tertiary alicyclic amines) is 1. The number of piperazine rings is 1. The summed E-state index contributed by atoms with van der Waals surface area (Å²) < 4.78 is 9.91. The first-order chi connectivity index (χ1) is 12.1. The van der Waals surface area contributed by atoms with Crippen LogP contribution in [0.25, 0.3) is 0 Å². The maximum atomic E-state index is 12.6. The number of likely N-dealkylation sites (N-methyl/N-ethyl adjacent to an activating group) is 1. The first kappa shape index (κ1) is 17.9. The minimum Gasteiger partial charge on any atom is -0.383 e. The van der Waals surface area contributed by atoms with Crippen molar-refractivity contribution in [2.75, 3.05) is 53.5 Å². The molecule has 1 unspecified atom stereocenters. The summed E-state index contributed by atoms with van der Waals surface area (Å²) in [5.41, 5.74) is 0.168. The van der Waals surface area contributed by atoms with Gasteiger partial charge in [0.2, 0.25) is 5.91 Å². The molecule has 25 heavy (non-hydrogen) atoms. The van der Waals surface area contributed by atoms with Crippen molar-refractivity contribution in [1.82, 2.24) is 19.9 Å². The van der Waals surface area contributed by atoms with Gasteiger partial charge in [0.1, 0.15) is 6.26 Å². The van der Waals surface area contributed by atoms with Crippen molar-refractivity contribution < 1.29 is 18.8 Å². The molecular formula is C17H26N4O4. The number of nitrogens with zero attached hydrogens (tertiary/aromatic N) is 4. The van der Waals surface area contributed by atoms with Crippen molar-refractivity contribution >= 4 is 11.8 Å². The van der Waals surface area contributed by atoms with Crippen LogP contribution < -0.4 is 0 Å². The van der Waals surface area contributed by atoms with E-state index in [2.05, 4.69) is 17.1 Å². The summed E-state index contributed by atoms with van der Waals surface area (Å²) in [4.78, 5) is 31.1. The molecule has 1 spiro atoms. The summed E-state index contributed by atoms with van der Waals surface area (Å²) >= 11 is 0. The van der Waals surface area contributed by atoms with E-state index in [1.54, 1.807) is 13.2 Å². The Morgan fingerprint density at radius 1 is 1.36 bits per heavy atom. The molecular weight excluding hydrogens is 324 g/mol. The Hall–Kier alpha value is -1.93. The first-order valence-electron chi connectivity index (χ1n) is 8.73. The third-order valence-electron chi connectivity index (χ3n) is 5.51. The van der Waals surface area contributed by atoms with E-state index >= 15 is 0 Å². The highest BCUT2D eigenvalue weighted by atomic mass is 16.5. The molecule has 3 heterocycles. The second kappa shape index (κ2) is 7.53. The van der Waals surface area contributed by atoms with Crippen molar-refractivity contribution in [3.63, 3.8) is 0 Å². The smallest absolute Gasteiger partial charge is 0.276 e. The Bertz CT molecular complexity index is 606. The fraction of sp³-hybridized carbons (Fsp3) is 0.706. The zero-order valence-corrected chi connectivity index (χ0v) is 14.9.